The first kappa shape index (κ1) is 10.6. The van der Waals surface area contributed by atoms with E-state index in [9.17, 15) is 0 Å². The first-order chi connectivity index (χ1) is 6.26. The number of nitriles is 1. The summed E-state index contributed by atoms with van der Waals surface area (Å²) in [6.45, 7) is 4.41. The van der Waals surface area contributed by atoms with Crippen molar-refractivity contribution in [2.45, 2.75) is 58.8 Å². The van der Waals surface area contributed by atoms with Crippen LogP contribution in [-0.4, -0.2) is 0 Å². The summed E-state index contributed by atoms with van der Waals surface area (Å²) in [5.41, 5.74) is 0.0459. The molecule has 1 aliphatic rings. The van der Waals surface area contributed by atoms with Crippen molar-refractivity contribution < 1.29 is 0 Å². The second-order valence-electron chi connectivity index (χ2n) is 4.48. The highest BCUT2D eigenvalue weighted by atomic mass is 14.4. The Morgan fingerprint density at radius 1 is 1.31 bits per heavy atom. The molecule has 0 unspecified atom stereocenters. The summed E-state index contributed by atoms with van der Waals surface area (Å²) in [6.07, 6.45) is 8.57. The Hall–Kier alpha value is -0.510. The van der Waals surface area contributed by atoms with Crippen molar-refractivity contribution in [1.82, 2.24) is 0 Å². The van der Waals surface area contributed by atoms with Crippen molar-refractivity contribution >= 4 is 0 Å². The molecule has 0 aromatic heterocycles. The van der Waals surface area contributed by atoms with Gasteiger partial charge in [-0.3, -0.25) is 0 Å². The minimum atomic E-state index is 0.0459. The van der Waals surface area contributed by atoms with Gasteiger partial charge in [-0.05, 0) is 38.0 Å². The maximum absolute atomic E-state index is 9.11. The van der Waals surface area contributed by atoms with Crippen LogP contribution in [0.1, 0.15) is 58.8 Å². The Labute approximate surface area is 82.1 Å². The lowest BCUT2D eigenvalue weighted by Crippen LogP contribution is -2.25. The average molecular weight is 179 g/mol. The van der Waals surface area contributed by atoms with Crippen LogP contribution in [0.15, 0.2) is 0 Å². The molecule has 13 heavy (non-hydrogen) atoms. The normalized spacial score (nSPS) is 34.1. The number of nitrogens with zero attached hydrogens (tertiary/aromatic N) is 1. The molecule has 0 atom stereocenters. The Bertz CT molecular complexity index is 182. The Morgan fingerprint density at radius 3 is 2.31 bits per heavy atom. The van der Waals surface area contributed by atoms with Gasteiger partial charge in [0.05, 0.1) is 11.5 Å². The van der Waals surface area contributed by atoms with Crippen LogP contribution in [0.2, 0.25) is 0 Å². The number of hydrogen-bond acceptors (Lipinski definition) is 1. The minimum Gasteiger partial charge on any atom is -0.198 e. The van der Waals surface area contributed by atoms with Crippen LogP contribution in [-0.2, 0) is 0 Å². The third-order valence-electron chi connectivity index (χ3n) is 3.67. The fourth-order valence-corrected chi connectivity index (χ4v) is 2.47. The third-order valence-corrected chi connectivity index (χ3v) is 3.67. The molecule has 0 aromatic carbocycles. The monoisotopic (exact) mass is 179 g/mol. The molecule has 0 bridgehead atoms. The predicted octanol–water partition coefficient (Wildman–Crippen LogP) is 3.90. The van der Waals surface area contributed by atoms with Gasteiger partial charge in [0.2, 0.25) is 0 Å². The van der Waals surface area contributed by atoms with E-state index in [1.807, 2.05) is 0 Å². The summed E-state index contributed by atoms with van der Waals surface area (Å²) in [6, 6.07) is 2.53. The van der Waals surface area contributed by atoms with Crippen molar-refractivity contribution in [3.63, 3.8) is 0 Å². The molecule has 0 saturated heterocycles. The van der Waals surface area contributed by atoms with E-state index in [1.54, 1.807) is 0 Å². The molecule has 0 spiro atoms. The molecule has 1 rings (SSSR count). The second-order valence-corrected chi connectivity index (χ2v) is 4.48. The molecule has 0 N–H and O–H groups in total. The molecule has 0 heterocycles. The first-order valence-corrected chi connectivity index (χ1v) is 5.67. The fraction of sp³-hybridized carbons (Fsp3) is 0.917. The largest absolute Gasteiger partial charge is 0.198 e. The number of hydrogen-bond donors (Lipinski definition) is 0. The van der Waals surface area contributed by atoms with Gasteiger partial charge in [-0.1, -0.05) is 26.7 Å². The molecular weight excluding hydrogens is 158 g/mol. The van der Waals surface area contributed by atoms with Gasteiger partial charge in [0.1, 0.15) is 0 Å². The van der Waals surface area contributed by atoms with E-state index in [-0.39, 0.29) is 5.41 Å². The van der Waals surface area contributed by atoms with Crippen molar-refractivity contribution in [2.75, 3.05) is 0 Å². The quantitative estimate of drug-likeness (QED) is 0.644. The lowest BCUT2D eigenvalue weighted by molar-refractivity contribution is 0.196. The summed E-state index contributed by atoms with van der Waals surface area (Å²) in [5, 5.41) is 9.11. The van der Waals surface area contributed by atoms with Gasteiger partial charge in [-0.25, -0.2) is 0 Å². The van der Waals surface area contributed by atoms with E-state index < -0.39 is 0 Å². The van der Waals surface area contributed by atoms with Crippen LogP contribution >= 0.6 is 0 Å². The van der Waals surface area contributed by atoms with E-state index in [0.717, 1.165) is 25.2 Å². The zero-order valence-electron chi connectivity index (χ0n) is 8.97. The predicted molar refractivity (Wildman–Crippen MR) is 55.2 cm³/mol. The van der Waals surface area contributed by atoms with Crippen molar-refractivity contribution in [3.8, 4) is 6.07 Å². The Kier molecular flexibility index (Phi) is 3.78. The van der Waals surface area contributed by atoms with Gasteiger partial charge >= 0.3 is 0 Å². The van der Waals surface area contributed by atoms with Crippen molar-refractivity contribution in [3.05, 3.63) is 0 Å². The molecule has 0 aliphatic heterocycles. The first-order valence-electron chi connectivity index (χ1n) is 5.67. The van der Waals surface area contributed by atoms with Crippen LogP contribution in [0.5, 0.6) is 0 Å². The molecule has 1 heteroatoms. The molecular formula is C12H21N. The summed E-state index contributed by atoms with van der Waals surface area (Å²) in [4.78, 5) is 0. The van der Waals surface area contributed by atoms with Crippen molar-refractivity contribution in [2.24, 2.45) is 11.3 Å². The maximum Gasteiger partial charge on any atom is 0.0689 e. The minimum absolute atomic E-state index is 0.0459. The maximum atomic E-state index is 9.11. The Balaban J connectivity index is 2.42. The van der Waals surface area contributed by atoms with Gasteiger partial charge in [0.15, 0.2) is 0 Å². The lowest BCUT2D eigenvalue weighted by Gasteiger charge is -2.34. The summed E-state index contributed by atoms with van der Waals surface area (Å²) >= 11 is 0. The average Bonchev–Trinajstić information content (AvgIpc) is 2.20. The molecule has 74 valence electrons. The molecule has 0 radical (unpaired) electrons. The summed E-state index contributed by atoms with van der Waals surface area (Å²) in [5.74, 6) is 0.915. The zero-order valence-corrected chi connectivity index (χ0v) is 8.97. The van der Waals surface area contributed by atoms with E-state index in [0.29, 0.717) is 0 Å². The molecule has 0 aromatic rings. The van der Waals surface area contributed by atoms with E-state index in [4.69, 9.17) is 5.26 Å². The Morgan fingerprint density at radius 2 is 1.92 bits per heavy atom. The van der Waals surface area contributed by atoms with Gasteiger partial charge in [0.25, 0.3) is 0 Å². The highest BCUT2D eigenvalue weighted by Gasteiger charge is 2.33. The number of rotatable bonds is 3. The van der Waals surface area contributed by atoms with Crippen LogP contribution in [0.25, 0.3) is 0 Å². The lowest BCUT2D eigenvalue weighted by atomic mass is 9.69. The van der Waals surface area contributed by atoms with Gasteiger partial charge in [0, 0.05) is 0 Å². The topological polar surface area (TPSA) is 23.8 Å². The molecule has 1 aliphatic carbocycles. The van der Waals surface area contributed by atoms with Crippen LogP contribution in [0.3, 0.4) is 0 Å². The van der Waals surface area contributed by atoms with E-state index in [2.05, 4.69) is 19.9 Å². The van der Waals surface area contributed by atoms with Gasteiger partial charge in [-0.15, -0.1) is 0 Å². The van der Waals surface area contributed by atoms with Crippen LogP contribution in [0, 0.1) is 22.7 Å². The molecule has 0 amide bonds. The molecule has 1 nitrogen and oxygen atoms in total. The van der Waals surface area contributed by atoms with Gasteiger partial charge in [-0.2, -0.15) is 5.26 Å². The SMILES string of the molecule is CCCC1CCC(C#N)(CC)CC1. The highest BCUT2D eigenvalue weighted by Crippen LogP contribution is 2.42. The highest BCUT2D eigenvalue weighted by molar-refractivity contribution is 5.00. The summed E-state index contributed by atoms with van der Waals surface area (Å²) < 4.78 is 0. The zero-order chi connectivity index (χ0) is 9.73. The molecule has 1 saturated carbocycles. The van der Waals surface area contributed by atoms with E-state index in [1.165, 1.54) is 25.7 Å². The van der Waals surface area contributed by atoms with Crippen LogP contribution < -0.4 is 0 Å². The summed E-state index contributed by atoms with van der Waals surface area (Å²) in [7, 11) is 0. The van der Waals surface area contributed by atoms with Crippen molar-refractivity contribution in [1.29, 1.82) is 5.26 Å². The second kappa shape index (κ2) is 4.65. The van der Waals surface area contributed by atoms with E-state index >= 15 is 0 Å². The third kappa shape index (κ3) is 2.46. The molecule has 1 fully saturated rings. The fourth-order valence-electron chi connectivity index (χ4n) is 2.47. The van der Waals surface area contributed by atoms with Crippen LogP contribution in [0.4, 0.5) is 0 Å². The standard InChI is InChI=1S/C12H21N/c1-3-5-11-6-8-12(4-2,10-13)9-7-11/h11H,3-9H2,1-2H3. The smallest absolute Gasteiger partial charge is 0.0689 e. The van der Waals surface area contributed by atoms with Gasteiger partial charge < -0.3 is 0 Å².